The molecule has 0 aromatic heterocycles. The number of sulfonamides is 1. The van der Waals surface area contributed by atoms with Gasteiger partial charge in [0, 0.05) is 12.6 Å². The second kappa shape index (κ2) is 6.15. The van der Waals surface area contributed by atoms with Gasteiger partial charge in [0.15, 0.2) is 0 Å². The molecule has 2 rings (SSSR count). The molecule has 1 aliphatic heterocycles. The van der Waals surface area contributed by atoms with Crippen molar-refractivity contribution < 1.29 is 8.42 Å². The summed E-state index contributed by atoms with van der Waals surface area (Å²) < 4.78 is 27.1. The maximum absolute atomic E-state index is 12.2. The van der Waals surface area contributed by atoms with Crippen molar-refractivity contribution in [3.63, 3.8) is 0 Å². The third-order valence-electron chi connectivity index (χ3n) is 3.16. The molecule has 1 aromatic carbocycles. The van der Waals surface area contributed by atoms with Gasteiger partial charge in [0.05, 0.1) is 16.5 Å². The number of benzene rings is 1. The Balaban J connectivity index is 2.10. The zero-order chi connectivity index (χ0) is 13.7. The SMILES string of the molecule is N#Cc1ccc(S(=O)(=O)NC2CCCCNC2)cc1. The van der Waals surface area contributed by atoms with Crippen LogP contribution in [0.1, 0.15) is 24.8 Å². The second-order valence-corrected chi connectivity index (χ2v) is 6.37. The molecule has 1 aliphatic rings. The number of nitriles is 1. The van der Waals surface area contributed by atoms with Crippen LogP contribution in [0.3, 0.4) is 0 Å². The minimum Gasteiger partial charge on any atom is -0.315 e. The molecule has 19 heavy (non-hydrogen) atoms. The van der Waals surface area contributed by atoms with Crippen LogP contribution in [0.25, 0.3) is 0 Å². The van der Waals surface area contributed by atoms with Crippen molar-refractivity contribution in [2.75, 3.05) is 13.1 Å². The Morgan fingerprint density at radius 1 is 1.26 bits per heavy atom. The minimum absolute atomic E-state index is 0.0665. The molecule has 0 amide bonds. The molecule has 2 N–H and O–H groups in total. The van der Waals surface area contributed by atoms with E-state index in [2.05, 4.69) is 10.0 Å². The highest BCUT2D eigenvalue weighted by Gasteiger charge is 2.20. The van der Waals surface area contributed by atoms with Crippen LogP contribution >= 0.6 is 0 Å². The molecule has 1 aromatic rings. The molecule has 1 atom stereocenters. The van der Waals surface area contributed by atoms with Gasteiger partial charge in [-0.3, -0.25) is 0 Å². The summed E-state index contributed by atoms with van der Waals surface area (Å²) in [6, 6.07) is 7.86. The van der Waals surface area contributed by atoms with Crippen LogP contribution in [-0.2, 0) is 10.0 Å². The standard InChI is InChI=1S/C13H17N3O2S/c14-9-11-4-6-13(7-5-11)19(17,18)16-12-3-1-2-8-15-10-12/h4-7,12,15-16H,1-3,8,10H2. The molecule has 1 saturated heterocycles. The van der Waals surface area contributed by atoms with E-state index in [9.17, 15) is 8.42 Å². The highest BCUT2D eigenvalue weighted by atomic mass is 32.2. The van der Waals surface area contributed by atoms with Crippen molar-refractivity contribution in [3.05, 3.63) is 29.8 Å². The van der Waals surface area contributed by atoms with Gasteiger partial charge in [-0.15, -0.1) is 0 Å². The third-order valence-corrected chi connectivity index (χ3v) is 4.70. The predicted molar refractivity (Wildman–Crippen MR) is 72.0 cm³/mol. The van der Waals surface area contributed by atoms with Crippen molar-refractivity contribution in [2.24, 2.45) is 0 Å². The lowest BCUT2D eigenvalue weighted by Crippen LogP contribution is -2.40. The molecule has 5 nitrogen and oxygen atoms in total. The van der Waals surface area contributed by atoms with E-state index in [-0.39, 0.29) is 10.9 Å². The summed E-state index contributed by atoms with van der Waals surface area (Å²) in [4.78, 5) is 0.204. The molecular formula is C13H17N3O2S. The van der Waals surface area contributed by atoms with E-state index in [0.29, 0.717) is 12.1 Å². The molecule has 102 valence electrons. The Morgan fingerprint density at radius 2 is 2.00 bits per heavy atom. The molecule has 1 heterocycles. The van der Waals surface area contributed by atoms with Crippen molar-refractivity contribution >= 4 is 10.0 Å². The van der Waals surface area contributed by atoms with Gasteiger partial charge in [-0.05, 0) is 43.7 Å². The first-order valence-corrected chi connectivity index (χ1v) is 7.83. The first-order chi connectivity index (χ1) is 9.12. The van der Waals surface area contributed by atoms with E-state index in [0.717, 1.165) is 25.8 Å². The van der Waals surface area contributed by atoms with Crippen LogP contribution in [-0.4, -0.2) is 27.5 Å². The predicted octanol–water partition coefficient (Wildman–Crippen LogP) is 0.979. The lowest BCUT2D eigenvalue weighted by molar-refractivity contribution is 0.521. The average molecular weight is 279 g/mol. The van der Waals surface area contributed by atoms with Gasteiger partial charge in [-0.2, -0.15) is 5.26 Å². The summed E-state index contributed by atoms with van der Waals surface area (Å²) in [5, 5.41) is 11.9. The summed E-state index contributed by atoms with van der Waals surface area (Å²) in [6.45, 7) is 1.60. The van der Waals surface area contributed by atoms with Gasteiger partial charge in [0.1, 0.15) is 0 Å². The maximum atomic E-state index is 12.2. The molecule has 0 spiro atoms. The fraction of sp³-hybridized carbons (Fsp3) is 0.462. The second-order valence-electron chi connectivity index (χ2n) is 4.65. The summed E-state index contributed by atoms with van der Waals surface area (Å²) >= 11 is 0. The van der Waals surface area contributed by atoms with Gasteiger partial charge in [-0.1, -0.05) is 6.42 Å². The fourth-order valence-electron chi connectivity index (χ4n) is 2.12. The monoisotopic (exact) mass is 279 g/mol. The van der Waals surface area contributed by atoms with Crippen LogP contribution in [0.4, 0.5) is 0 Å². The minimum atomic E-state index is -3.50. The largest absolute Gasteiger partial charge is 0.315 e. The number of nitrogens with one attached hydrogen (secondary N) is 2. The van der Waals surface area contributed by atoms with Crippen molar-refractivity contribution in [1.29, 1.82) is 5.26 Å². The van der Waals surface area contributed by atoms with E-state index >= 15 is 0 Å². The molecule has 1 unspecified atom stereocenters. The first-order valence-electron chi connectivity index (χ1n) is 6.35. The number of rotatable bonds is 3. The summed E-state index contributed by atoms with van der Waals surface area (Å²) in [6.07, 6.45) is 2.95. The zero-order valence-corrected chi connectivity index (χ0v) is 11.4. The fourth-order valence-corrected chi connectivity index (χ4v) is 3.39. The highest BCUT2D eigenvalue weighted by molar-refractivity contribution is 7.89. The van der Waals surface area contributed by atoms with Crippen LogP contribution < -0.4 is 10.0 Å². The Hall–Kier alpha value is -1.42. The van der Waals surface area contributed by atoms with Crippen molar-refractivity contribution in [3.8, 4) is 6.07 Å². The van der Waals surface area contributed by atoms with Gasteiger partial charge in [0.2, 0.25) is 10.0 Å². The van der Waals surface area contributed by atoms with Crippen LogP contribution in [0, 0.1) is 11.3 Å². The first kappa shape index (κ1) is 14.0. The summed E-state index contributed by atoms with van der Waals surface area (Å²) in [5.74, 6) is 0. The molecule has 0 aliphatic carbocycles. The number of hydrogen-bond acceptors (Lipinski definition) is 4. The Kier molecular flexibility index (Phi) is 4.53. The van der Waals surface area contributed by atoms with E-state index in [1.165, 1.54) is 24.3 Å². The Morgan fingerprint density at radius 3 is 2.68 bits per heavy atom. The van der Waals surface area contributed by atoms with Gasteiger partial charge < -0.3 is 5.32 Å². The van der Waals surface area contributed by atoms with Gasteiger partial charge in [-0.25, -0.2) is 13.1 Å². The highest BCUT2D eigenvalue weighted by Crippen LogP contribution is 2.13. The lowest BCUT2D eigenvalue weighted by Gasteiger charge is -2.16. The normalized spacial score (nSPS) is 20.5. The van der Waals surface area contributed by atoms with E-state index in [1.54, 1.807) is 0 Å². The van der Waals surface area contributed by atoms with E-state index in [1.807, 2.05) is 6.07 Å². The van der Waals surface area contributed by atoms with Crippen molar-refractivity contribution in [2.45, 2.75) is 30.2 Å². The molecule has 0 bridgehead atoms. The maximum Gasteiger partial charge on any atom is 0.240 e. The van der Waals surface area contributed by atoms with Crippen molar-refractivity contribution in [1.82, 2.24) is 10.0 Å². The molecule has 6 heteroatoms. The number of hydrogen-bond donors (Lipinski definition) is 2. The summed E-state index contributed by atoms with van der Waals surface area (Å²) in [7, 11) is -3.50. The van der Waals surface area contributed by atoms with Gasteiger partial charge >= 0.3 is 0 Å². The molecule has 1 fully saturated rings. The number of nitrogens with zero attached hydrogens (tertiary/aromatic N) is 1. The molecular weight excluding hydrogens is 262 g/mol. The quantitative estimate of drug-likeness (QED) is 0.864. The zero-order valence-electron chi connectivity index (χ0n) is 10.6. The van der Waals surface area contributed by atoms with E-state index < -0.39 is 10.0 Å². The molecule has 0 saturated carbocycles. The lowest BCUT2D eigenvalue weighted by atomic mass is 10.2. The Labute approximate surface area is 113 Å². The Bertz CT molecular complexity index is 553. The third kappa shape index (κ3) is 3.77. The van der Waals surface area contributed by atoms with Crippen LogP contribution in [0.15, 0.2) is 29.2 Å². The summed E-state index contributed by atoms with van der Waals surface area (Å²) in [5.41, 5.74) is 0.454. The average Bonchev–Trinajstić information content (AvgIpc) is 2.67. The topological polar surface area (TPSA) is 82.0 Å². The van der Waals surface area contributed by atoms with Gasteiger partial charge in [0.25, 0.3) is 0 Å². The van der Waals surface area contributed by atoms with Crippen LogP contribution in [0.5, 0.6) is 0 Å². The smallest absolute Gasteiger partial charge is 0.240 e. The van der Waals surface area contributed by atoms with E-state index in [4.69, 9.17) is 5.26 Å². The molecule has 0 radical (unpaired) electrons. The van der Waals surface area contributed by atoms with Crippen LogP contribution in [0.2, 0.25) is 0 Å².